The van der Waals surface area contributed by atoms with Gasteiger partial charge in [0.1, 0.15) is 6.10 Å². The molecule has 0 aliphatic rings. The zero-order valence-electron chi connectivity index (χ0n) is 27.9. The van der Waals surface area contributed by atoms with E-state index in [1.54, 1.807) is 0 Å². The first-order valence-electron chi connectivity index (χ1n) is 16.4. The average molecular weight is 582 g/mol. The van der Waals surface area contributed by atoms with Gasteiger partial charge in [-0.15, -0.1) is 0 Å². The lowest BCUT2D eigenvalue weighted by Crippen LogP contribution is -2.41. The van der Waals surface area contributed by atoms with E-state index in [0.717, 1.165) is 51.7 Å². The van der Waals surface area contributed by atoms with Gasteiger partial charge in [0, 0.05) is 13.2 Å². The molecule has 0 aromatic carbocycles. The van der Waals surface area contributed by atoms with Crippen molar-refractivity contribution in [1.29, 1.82) is 0 Å². The van der Waals surface area contributed by atoms with Crippen molar-refractivity contribution in [1.82, 2.24) is 4.90 Å². The van der Waals surface area contributed by atoms with E-state index in [0.29, 0.717) is 6.61 Å². The summed E-state index contributed by atoms with van der Waals surface area (Å²) in [6.45, 7) is 15.7. The Bertz CT molecular complexity index is 655. The Morgan fingerprint density at radius 3 is 1.95 bits per heavy atom. The Balaban J connectivity index is 4.21. The van der Waals surface area contributed by atoms with Crippen LogP contribution >= 0.6 is 0 Å². The second-order valence-electron chi connectivity index (χ2n) is 13.1. The van der Waals surface area contributed by atoms with Crippen LogP contribution in [0.3, 0.4) is 0 Å². The van der Waals surface area contributed by atoms with E-state index in [1.165, 1.54) is 64.2 Å². The number of ether oxygens (including phenoxy) is 2. The fourth-order valence-electron chi connectivity index (χ4n) is 4.18. The van der Waals surface area contributed by atoms with Gasteiger partial charge in [0.15, 0.2) is 8.32 Å². The number of rotatable bonds is 25. The first-order chi connectivity index (χ1) is 19.0. The third-order valence-corrected chi connectivity index (χ3v) is 12.4. The van der Waals surface area contributed by atoms with Crippen LogP contribution < -0.4 is 0 Å². The molecule has 0 spiro atoms. The van der Waals surface area contributed by atoms with Crippen LogP contribution in [-0.2, 0) is 13.9 Å². The third kappa shape index (κ3) is 23.6. The first-order valence-corrected chi connectivity index (χ1v) is 19.3. The van der Waals surface area contributed by atoms with Crippen LogP contribution in [0.4, 0.5) is 4.79 Å². The number of allylic oxidation sites excluding steroid dienone is 4. The highest BCUT2D eigenvalue weighted by atomic mass is 28.4. The van der Waals surface area contributed by atoms with Crippen molar-refractivity contribution >= 4 is 14.5 Å². The molecule has 1 atom stereocenters. The van der Waals surface area contributed by atoms with Crippen LogP contribution in [0.2, 0.25) is 18.1 Å². The Morgan fingerprint density at radius 2 is 1.35 bits per heavy atom. The first kappa shape index (κ1) is 38.9. The predicted molar refractivity (Wildman–Crippen MR) is 176 cm³/mol. The van der Waals surface area contributed by atoms with Crippen LogP contribution in [0, 0.1) is 0 Å². The Kier molecular flexibility index (Phi) is 23.8. The molecule has 0 radical (unpaired) electrons. The summed E-state index contributed by atoms with van der Waals surface area (Å²) in [5.41, 5.74) is 0. The zero-order chi connectivity index (χ0) is 30.1. The second kappa shape index (κ2) is 24.5. The molecular weight excluding hydrogens is 514 g/mol. The maximum absolute atomic E-state index is 12.3. The SMILES string of the molecule is CCCCC/C=C\C/C=C\CCCCCCCCC(CCCO[Si](C)(C)C(C)(C)C)OC(=O)OCCCN(C)C. The van der Waals surface area contributed by atoms with Crippen molar-refractivity contribution < 1.29 is 18.7 Å². The highest BCUT2D eigenvalue weighted by Crippen LogP contribution is 2.36. The smallest absolute Gasteiger partial charge is 0.434 e. The summed E-state index contributed by atoms with van der Waals surface area (Å²) in [7, 11) is 2.29. The van der Waals surface area contributed by atoms with Gasteiger partial charge in [0.25, 0.3) is 0 Å². The zero-order valence-corrected chi connectivity index (χ0v) is 28.9. The molecule has 1 unspecified atom stereocenters. The molecule has 0 saturated carbocycles. The molecule has 0 bridgehead atoms. The van der Waals surface area contributed by atoms with Crippen molar-refractivity contribution in [3.63, 3.8) is 0 Å². The lowest BCUT2D eigenvalue weighted by atomic mass is 10.0. The molecule has 0 rings (SSSR count). The van der Waals surface area contributed by atoms with Crippen LogP contribution in [0.15, 0.2) is 24.3 Å². The van der Waals surface area contributed by atoms with Gasteiger partial charge >= 0.3 is 6.16 Å². The van der Waals surface area contributed by atoms with E-state index in [1.807, 2.05) is 14.1 Å². The van der Waals surface area contributed by atoms with Crippen LogP contribution in [0.1, 0.15) is 130 Å². The Hall–Kier alpha value is -1.11. The van der Waals surface area contributed by atoms with E-state index in [2.05, 4.69) is 70.0 Å². The maximum atomic E-state index is 12.3. The Labute approximate surface area is 250 Å². The summed E-state index contributed by atoms with van der Waals surface area (Å²) < 4.78 is 17.4. The average Bonchev–Trinajstić information content (AvgIpc) is 2.87. The number of hydrogen-bond acceptors (Lipinski definition) is 5. The maximum Gasteiger partial charge on any atom is 0.508 e. The van der Waals surface area contributed by atoms with Crippen molar-refractivity contribution in [2.45, 2.75) is 155 Å². The van der Waals surface area contributed by atoms with Crippen molar-refractivity contribution in [2.75, 3.05) is 33.9 Å². The van der Waals surface area contributed by atoms with Crippen molar-refractivity contribution in [3.05, 3.63) is 24.3 Å². The van der Waals surface area contributed by atoms with Gasteiger partial charge in [-0.3, -0.25) is 0 Å². The number of carbonyl (C=O) groups is 1. The highest BCUT2D eigenvalue weighted by molar-refractivity contribution is 6.74. The molecular formula is C34H67NO4Si. The molecule has 0 heterocycles. The monoisotopic (exact) mass is 581 g/mol. The summed E-state index contributed by atoms with van der Waals surface area (Å²) in [5, 5.41) is 0.209. The molecule has 0 aromatic heterocycles. The lowest BCUT2D eigenvalue weighted by Gasteiger charge is -2.36. The van der Waals surface area contributed by atoms with Gasteiger partial charge in [-0.05, 0) is 96.4 Å². The fourth-order valence-corrected chi connectivity index (χ4v) is 5.27. The molecule has 0 aromatic rings. The van der Waals surface area contributed by atoms with Crippen molar-refractivity contribution in [2.24, 2.45) is 0 Å². The number of nitrogens with zero attached hydrogens (tertiary/aromatic N) is 1. The summed E-state index contributed by atoms with van der Waals surface area (Å²) in [4.78, 5) is 14.4. The summed E-state index contributed by atoms with van der Waals surface area (Å²) in [6.07, 6.45) is 27.0. The third-order valence-electron chi connectivity index (χ3n) is 7.90. The lowest BCUT2D eigenvalue weighted by molar-refractivity contribution is 0.0139. The summed E-state index contributed by atoms with van der Waals surface area (Å²) >= 11 is 0. The fraction of sp³-hybridized carbons (Fsp3) is 0.853. The van der Waals surface area contributed by atoms with E-state index in [9.17, 15) is 4.79 Å². The van der Waals surface area contributed by atoms with Gasteiger partial charge in [-0.2, -0.15) is 0 Å². The van der Waals surface area contributed by atoms with Crippen molar-refractivity contribution in [3.8, 4) is 0 Å². The summed E-state index contributed by atoms with van der Waals surface area (Å²) in [6, 6.07) is 0. The predicted octanol–water partition coefficient (Wildman–Crippen LogP) is 10.5. The number of hydrogen-bond donors (Lipinski definition) is 0. The van der Waals surface area contributed by atoms with Gasteiger partial charge in [0.05, 0.1) is 6.61 Å². The molecule has 0 fully saturated rings. The van der Waals surface area contributed by atoms with E-state index in [-0.39, 0.29) is 11.1 Å². The highest BCUT2D eigenvalue weighted by Gasteiger charge is 2.36. The normalized spacial score (nSPS) is 13.5. The standard InChI is InChI=1S/C34H67NO4Si/c1-9-10-11-12-13-14-15-16-17-18-19-20-21-22-23-24-27-32(39-33(36)37-30-26-29-35(5)6)28-25-31-38-40(7,8)34(2,3)4/h13-14,16-17,32H,9-12,15,18-31H2,1-8H3/b14-13-,17-16-. The quantitative estimate of drug-likeness (QED) is 0.0464. The molecule has 40 heavy (non-hydrogen) atoms. The van der Waals surface area contributed by atoms with E-state index in [4.69, 9.17) is 13.9 Å². The molecule has 5 nitrogen and oxygen atoms in total. The molecule has 0 amide bonds. The van der Waals surface area contributed by atoms with Crippen LogP contribution in [-0.4, -0.2) is 59.3 Å². The largest absolute Gasteiger partial charge is 0.508 e. The minimum absolute atomic E-state index is 0.0878. The van der Waals surface area contributed by atoms with Crippen LogP contribution in [0.5, 0.6) is 0 Å². The second-order valence-corrected chi connectivity index (χ2v) is 17.9. The molecule has 0 saturated heterocycles. The molecule has 0 aliphatic carbocycles. The molecule has 0 aliphatic heterocycles. The van der Waals surface area contributed by atoms with Gasteiger partial charge in [-0.1, -0.05) is 90.5 Å². The molecule has 236 valence electrons. The molecule has 0 N–H and O–H groups in total. The Morgan fingerprint density at radius 1 is 0.775 bits per heavy atom. The minimum atomic E-state index is -1.75. The van der Waals surface area contributed by atoms with E-state index < -0.39 is 14.5 Å². The van der Waals surface area contributed by atoms with Crippen LogP contribution in [0.25, 0.3) is 0 Å². The number of unbranched alkanes of at least 4 members (excludes halogenated alkanes) is 9. The number of carbonyl (C=O) groups excluding carboxylic acids is 1. The summed E-state index contributed by atoms with van der Waals surface area (Å²) in [5.74, 6) is 0. The van der Waals surface area contributed by atoms with Gasteiger partial charge in [0.2, 0.25) is 0 Å². The van der Waals surface area contributed by atoms with Gasteiger partial charge < -0.3 is 18.8 Å². The minimum Gasteiger partial charge on any atom is -0.434 e. The topological polar surface area (TPSA) is 48.0 Å². The molecule has 6 heteroatoms. The van der Waals surface area contributed by atoms with E-state index >= 15 is 0 Å². The van der Waals surface area contributed by atoms with Gasteiger partial charge in [-0.25, -0.2) is 4.79 Å².